The van der Waals surface area contributed by atoms with Gasteiger partial charge >= 0.3 is 5.97 Å². The highest BCUT2D eigenvalue weighted by Crippen LogP contribution is 2.29. The minimum atomic E-state index is -0.635. The summed E-state index contributed by atoms with van der Waals surface area (Å²) in [6.45, 7) is 0. The van der Waals surface area contributed by atoms with E-state index >= 15 is 0 Å². The number of benzene rings is 2. The Bertz CT molecular complexity index is 1320. The van der Waals surface area contributed by atoms with Crippen molar-refractivity contribution in [2.45, 2.75) is 0 Å². The van der Waals surface area contributed by atoms with Gasteiger partial charge in [0.05, 0.1) is 30.2 Å². The van der Waals surface area contributed by atoms with E-state index in [1.54, 1.807) is 48.0 Å². The van der Waals surface area contributed by atoms with E-state index in [2.05, 4.69) is 15.5 Å². The number of carbonyl (C=O) groups is 1. The van der Waals surface area contributed by atoms with Crippen molar-refractivity contribution in [2.75, 3.05) is 12.5 Å². The van der Waals surface area contributed by atoms with Gasteiger partial charge in [-0.05, 0) is 35.9 Å². The van der Waals surface area contributed by atoms with Crippen molar-refractivity contribution in [2.24, 2.45) is 5.10 Å². The molecule has 1 N–H and O–H groups in total. The second-order valence-electron chi connectivity index (χ2n) is 6.49. The van der Waals surface area contributed by atoms with Gasteiger partial charge in [0.25, 0.3) is 5.69 Å². The van der Waals surface area contributed by atoms with E-state index in [0.29, 0.717) is 27.7 Å². The van der Waals surface area contributed by atoms with Crippen LogP contribution in [0.5, 0.6) is 11.5 Å². The maximum atomic E-state index is 12.1. The molecular formula is C22H16N4O6S. The van der Waals surface area contributed by atoms with Crippen molar-refractivity contribution >= 4 is 34.3 Å². The molecule has 0 amide bonds. The number of hydrazone groups is 1. The molecule has 0 saturated carbocycles. The number of nitrogens with zero attached hydrogens (tertiary/aromatic N) is 3. The molecular weight excluding hydrogens is 448 g/mol. The molecule has 0 aliphatic carbocycles. The normalized spacial score (nSPS) is 10.8. The number of carbonyl (C=O) groups excluding carboxylic acids is 1. The van der Waals surface area contributed by atoms with Crippen LogP contribution in [0.2, 0.25) is 0 Å². The first-order valence-electron chi connectivity index (χ1n) is 9.46. The van der Waals surface area contributed by atoms with Crippen LogP contribution in [0.3, 0.4) is 0 Å². The van der Waals surface area contributed by atoms with Gasteiger partial charge in [0, 0.05) is 23.1 Å². The molecule has 0 fully saturated rings. The minimum absolute atomic E-state index is 0.000244. The lowest BCUT2D eigenvalue weighted by molar-refractivity contribution is -0.384. The first-order valence-corrected chi connectivity index (χ1v) is 10.3. The Balaban J connectivity index is 1.42. The number of thiazole rings is 1. The molecule has 0 radical (unpaired) electrons. The number of rotatable bonds is 8. The topological polar surface area (TPSA) is 129 Å². The number of aromatic nitrogens is 1. The number of anilines is 1. The van der Waals surface area contributed by atoms with Crippen LogP contribution in [0.25, 0.3) is 11.3 Å². The molecule has 0 atom stereocenters. The Hall–Kier alpha value is -4.51. The molecule has 4 aromatic rings. The number of nitrogens with one attached hydrogen (secondary N) is 1. The van der Waals surface area contributed by atoms with Crippen LogP contribution < -0.4 is 14.9 Å². The number of hydrogen-bond donors (Lipinski definition) is 1. The highest BCUT2D eigenvalue weighted by atomic mass is 32.1. The number of furan rings is 1. The van der Waals surface area contributed by atoms with Gasteiger partial charge in [0.1, 0.15) is 0 Å². The van der Waals surface area contributed by atoms with Crippen LogP contribution in [0, 0.1) is 10.1 Å². The number of nitro groups is 1. The Kier molecular flexibility index (Phi) is 6.41. The number of nitro benzene ring substituents is 1. The van der Waals surface area contributed by atoms with Gasteiger partial charge in [0.2, 0.25) is 10.9 Å². The van der Waals surface area contributed by atoms with Crippen molar-refractivity contribution in [1.29, 1.82) is 0 Å². The maximum Gasteiger partial charge on any atom is 0.379 e. The molecule has 2 heterocycles. The van der Waals surface area contributed by atoms with E-state index in [4.69, 9.17) is 13.9 Å². The van der Waals surface area contributed by atoms with Crippen LogP contribution in [0.4, 0.5) is 10.8 Å². The predicted molar refractivity (Wildman–Crippen MR) is 122 cm³/mol. The van der Waals surface area contributed by atoms with E-state index in [9.17, 15) is 14.9 Å². The van der Waals surface area contributed by atoms with Gasteiger partial charge < -0.3 is 13.9 Å². The summed E-state index contributed by atoms with van der Waals surface area (Å²) in [5.74, 6) is 0.0381. The Morgan fingerprint density at radius 2 is 2.09 bits per heavy atom. The molecule has 0 saturated heterocycles. The third kappa shape index (κ3) is 5.22. The molecule has 4 rings (SSSR count). The molecule has 11 heteroatoms. The molecule has 0 bridgehead atoms. The number of non-ortho nitro benzene ring substituents is 1. The fourth-order valence-corrected chi connectivity index (χ4v) is 3.46. The zero-order chi connectivity index (χ0) is 23.2. The van der Waals surface area contributed by atoms with Crippen molar-refractivity contribution in [3.8, 4) is 22.8 Å². The second-order valence-corrected chi connectivity index (χ2v) is 7.35. The summed E-state index contributed by atoms with van der Waals surface area (Å²) in [5.41, 5.74) is 4.76. The predicted octanol–water partition coefficient (Wildman–Crippen LogP) is 4.99. The van der Waals surface area contributed by atoms with E-state index in [0.717, 1.165) is 0 Å². The third-order valence-corrected chi connectivity index (χ3v) is 5.09. The summed E-state index contributed by atoms with van der Waals surface area (Å²) in [5, 5.41) is 17.4. The van der Waals surface area contributed by atoms with Crippen molar-refractivity contribution < 1.29 is 23.6 Å². The Labute approximate surface area is 191 Å². The highest BCUT2D eigenvalue weighted by molar-refractivity contribution is 7.14. The summed E-state index contributed by atoms with van der Waals surface area (Å²) in [6, 6.07) is 14.3. The number of methoxy groups -OCH3 is 1. The fourth-order valence-electron chi connectivity index (χ4n) is 2.79. The molecule has 33 heavy (non-hydrogen) atoms. The lowest BCUT2D eigenvalue weighted by atomic mass is 10.1. The second kappa shape index (κ2) is 9.75. The molecule has 2 aromatic heterocycles. The molecule has 0 spiro atoms. The first kappa shape index (κ1) is 21.7. The van der Waals surface area contributed by atoms with Crippen LogP contribution in [0.15, 0.2) is 75.8 Å². The SMILES string of the molecule is COc1cc(/C=N\Nc2nc(-c3cccc([N+](=O)[O-])c3)cs2)ccc1OC(=O)c1ccco1. The van der Waals surface area contributed by atoms with Gasteiger partial charge in [-0.2, -0.15) is 5.10 Å². The Morgan fingerprint density at radius 1 is 1.21 bits per heavy atom. The smallest absolute Gasteiger partial charge is 0.379 e. The summed E-state index contributed by atoms with van der Waals surface area (Å²) in [6.07, 6.45) is 2.94. The summed E-state index contributed by atoms with van der Waals surface area (Å²) in [7, 11) is 1.46. The van der Waals surface area contributed by atoms with Gasteiger partial charge in [-0.25, -0.2) is 9.78 Å². The summed E-state index contributed by atoms with van der Waals surface area (Å²) < 4.78 is 15.6. The van der Waals surface area contributed by atoms with Crippen molar-refractivity contribution in [3.63, 3.8) is 0 Å². The van der Waals surface area contributed by atoms with Crippen LogP contribution >= 0.6 is 11.3 Å². The summed E-state index contributed by atoms with van der Waals surface area (Å²) >= 11 is 1.31. The monoisotopic (exact) mass is 464 g/mol. The molecule has 2 aromatic carbocycles. The standard InChI is InChI=1S/C22H16N4O6S/c1-30-20-10-14(7-8-18(20)32-21(27)19-6-3-9-31-19)12-23-25-22-24-17(13-33-22)15-4-2-5-16(11-15)26(28)29/h2-13H,1H3,(H,24,25)/b23-12-. The van der Waals surface area contributed by atoms with Crippen molar-refractivity contribution in [3.05, 3.63) is 87.7 Å². The van der Waals surface area contributed by atoms with Crippen molar-refractivity contribution in [1.82, 2.24) is 4.98 Å². The van der Waals surface area contributed by atoms with E-state index in [1.807, 2.05) is 0 Å². The van der Waals surface area contributed by atoms with Gasteiger partial charge in [0.15, 0.2) is 11.5 Å². The maximum absolute atomic E-state index is 12.1. The lowest BCUT2D eigenvalue weighted by Crippen LogP contribution is -2.08. The zero-order valence-electron chi connectivity index (χ0n) is 17.1. The largest absolute Gasteiger partial charge is 0.493 e. The minimum Gasteiger partial charge on any atom is -0.493 e. The van der Waals surface area contributed by atoms with Gasteiger partial charge in [-0.15, -0.1) is 11.3 Å². The molecule has 10 nitrogen and oxygen atoms in total. The zero-order valence-corrected chi connectivity index (χ0v) is 17.9. The van der Waals surface area contributed by atoms with Crippen LogP contribution in [-0.4, -0.2) is 29.2 Å². The number of hydrogen-bond acceptors (Lipinski definition) is 10. The average molecular weight is 464 g/mol. The first-order chi connectivity index (χ1) is 16.0. The highest BCUT2D eigenvalue weighted by Gasteiger charge is 2.15. The number of esters is 1. The molecule has 166 valence electrons. The van der Waals surface area contributed by atoms with E-state index in [1.165, 1.54) is 42.9 Å². The quantitative estimate of drug-likeness (QED) is 0.127. The van der Waals surface area contributed by atoms with E-state index < -0.39 is 10.9 Å². The molecule has 0 aliphatic heterocycles. The van der Waals surface area contributed by atoms with Crippen LogP contribution in [-0.2, 0) is 0 Å². The average Bonchev–Trinajstić information content (AvgIpc) is 3.53. The summed E-state index contributed by atoms with van der Waals surface area (Å²) in [4.78, 5) is 27.0. The molecule has 0 aliphatic rings. The Morgan fingerprint density at radius 3 is 2.85 bits per heavy atom. The lowest BCUT2D eigenvalue weighted by Gasteiger charge is -2.08. The third-order valence-electron chi connectivity index (χ3n) is 4.34. The van der Waals surface area contributed by atoms with Gasteiger partial charge in [-0.1, -0.05) is 12.1 Å². The molecule has 0 unspecified atom stereocenters. The fraction of sp³-hybridized carbons (Fsp3) is 0.0455. The number of ether oxygens (including phenoxy) is 2. The van der Waals surface area contributed by atoms with E-state index in [-0.39, 0.29) is 17.2 Å². The van der Waals surface area contributed by atoms with Crippen LogP contribution in [0.1, 0.15) is 16.1 Å². The van der Waals surface area contributed by atoms with Gasteiger partial charge in [-0.3, -0.25) is 15.5 Å².